The Kier molecular flexibility index (Phi) is 5.86. The molecule has 0 aliphatic heterocycles. The molecule has 164 valence electrons. The third kappa shape index (κ3) is 3.58. The summed E-state index contributed by atoms with van der Waals surface area (Å²) in [7, 11) is 0. The van der Waals surface area contributed by atoms with Crippen molar-refractivity contribution in [3.8, 4) is 0 Å². The Labute approximate surface area is 180 Å². The SMILES string of the molecule is CC(C)[C@H](C)/C=C/[C@H](C)[C@@H]1CC[C@@H]2C3=CC[C@H]4C[C@@H](O)CC[C@]4(C)[C@@H]3CC[C@@]21C. The van der Waals surface area contributed by atoms with Gasteiger partial charge in [-0.15, -0.1) is 0 Å². The third-order valence-electron chi connectivity index (χ3n) is 10.5. The molecule has 1 heteroatoms. The average Bonchev–Trinajstić information content (AvgIpc) is 3.03. The molecular formula is C28H46O. The number of hydrogen-bond acceptors (Lipinski definition) is 1. The van der Waals surface area contributed by atoms with Gasteiger partial charge in [0.1, 0.15) is 0 Å². The van der Waals surface area contributed by atoms with Gasteiger partial charge in [-0.25, -0.2) is 0 Å². The summed E-state index contributed by atoms with van der Waals surface area (Å²) >= 11 is 0. The molecule has 29 heavy (non-hydrogen) atoms. The van der Waals surface area contributed by atoms with Crippen LogP contribution < -0.4 is 0 Å². The van der Waals surface area contributed by atoms with Crippen LogP contribution in [0.25, 0.3) is 0 Å². The van der Waals surface area contributed by atoms with E-state index in [4.69, 9.17) is 0 Å². The molecule has 3 saturated carbocycles. The molecule has 4 rings (SSSR count). The zero-order valence-corrected chi connectivity index (χ0v) is 20.0. The van der Waals surface area contributed by atoms with Gasteiger partial charge in [0.25, 0.3) is 0 Å². The van der Waals surface area contributed by atoms with E-state index in [-0.39, 0.29) is 6.10 Å². The van der Waals surface area contributed by atoms with Gasteiger partial charge >= 0.3 is 0 Å². The molecule has 0 bridgehead atoms. The Bertz CT molecular complexity index is 659. The molecule has 4 aliphatic rings. The smallest absolute Gasteiger partial charge is 0.0543 e. The van der Waals surface area contributed by atoms with Gasteiger partial charge in [0.2, 0.25) is 0 Å². The van der Waals surface area contributed by atoms with Crippen LogP contribution in [0.4, 0.5) is 0 Å². The summed E-state index contributed by atoms with van der Waals surface area (Å²) < 4.78 is 0. The molecule has 0 unspecified atom stereocenters. The van der Waals surface area contributed by atoms with Crippen molar-refractivity contribution in [1.29, 1.82) is 0 Å². The summed E-state index contributed by atoms with van der Waals surface area (Å²) in [5.41, 5.74) is 2.79. The quantitative estimate of drug-likeness (QED) is 0.489. The van der Waals surface area contributed by atoms with E-state index in [1.54, 1.807) is 0 Å². The van der Waals surface area contributed by atoms with Crippen LogP contribution in [0.15, 0.2) is 23.8 Å². The first-order valence-corrected chi connectivity index (χ1v) is 12.7. The Morgan fingerprint density at radius 2 is 1.62 bits per heavy atom. The molecule has 3 fully saturated rings. The second kappa shape index (κ2) is 7.85. The molecule has 1 N–H and O–H groups in total. The van der Waals surface area contributed by atoms with Crippen molar-refractivity contribution in [2.45, 2.75) is 99.0 Å². The second-order valence-electron chi connectivity index (χ2n) is 12.3. The molecule has 0 heterocycles. The topological polar surface area (TPSA) is 20.2 Å². The second-order valence-corrected chi connectivity index (χ2v) is 12.3. The van der Waals surface area contributed by atoms with Gasteiger partial charge in [0.15, 0.2) is 0 Å². The van der Waals surface area contributed by atoms with Crippen molar-refractivity contribution in [2.75, 3.05) is 0 Å². The van der Waals surface area contributed by atoms with Crippen LogP contribution >= 0.6 is 0 Å². The number of fused-ring (bicyclic) bond motifs is 5. The molecule has 0 spiro atoms. The van der Waals surface area contributed by atoms with Gasteiger partial charge in [-0.3, -0.25) is 0 Å². The first kappa shape index (κ1) is 21.7. The third-order valence-corrected chi connectivity index (χ3v) is 10.5. The first-order valence-electron chi connectivity index (χ1n) is 12.7. The van der Waals surface area contributed by atoms with Crippen LogP contribution in [-0.4, -0.2) is 11.2 Å². The van der Waals surface area contributed by atoms with E-state index < -0.39 is 0 Å². The predicted molar refractivity (Wildman–Crippen MR) is 124 cm³/mol. The van der Waals surface area contributed by atoms with E-state index in [0.29, 0.717) is 28.6 Å². The van der Waals surface area contributed by atoms with Crippen molar-refractivity contribution in [3.63, 3.8) is 0 Å². The van der Waals surface area contributed by atoms with E-state index in [0.717, 1.165) is 36.5 Å². The first-order chi connectivity index (χ1) is 13.7. The normalized spacial score (nSPS) is 46.8. The van der Waals surface area contributed by atoms with E-state index in [2.05, 4.69) is 59.8 Å². The Morgan fingerprint density at radius 1 is 0.931 bits per heavy atom. The lowest BCUT2D eigenvalue weighted by atomic mass is 9.47. The van der Waals surface area contributed by atoms with Crippen molar-refractivity contribution in [1.82, 2.24) is 0 Å². The van der Waals surface area contributed by atoms with Gasteiger partial charge in [-0.05, 0) is 104 Å². The lowest BCUT2D eigenvalue weighted by molar-refractivity contribution is -0.0414. The largest absolute Gasteiger partial charge is 0.393 e. The number of rotatable bonds is 4. The molecule has 0 aromatic heterocycles. The minimum atomic E-state index is -0.0476. The molecule has 9 atom stereocenters. The predicted octanol–water partition coefficient (Wildman–Crippen LogP) is 7.41. The van der Waals surface area contributed by atoms with Gasteiger partial charge in [-0.2, -0.15) is 0 Å². The molecule has 0 amide bonds. The average molecular weight is 399 g/mol. The summed E-state index contributed by atoms with van der Waals surface area (Å²) in [6.45, 7) is 14.7. The lowest BCUT2D eigenvalue weighted by Gasteiger charge is -2.57. The van der Waals surface area contributed by atoms with Crippen molar-refractivity contribution in [2.24, 2.45) is 52.3 Å². The monoisotopic (exact) mass is 398 g/mol. The van der Waals surface area contributed by atoms with Crippen LogP contribution in [-0.2, 0) is 0 Å². The molecule has 0 saturated heterocycles. The van der Waals surface area contributed by atoms with Gasteiger partial charge < -0.3 is 5.11 Å². The van der Waals surface area contributed by atoms with Gasteiger partial charge in [0.05, 0.1) is 6.10 Å². The van der Waals surface area contributed by atoms with E-state index in [1.165, 1.54) is 38.5 Å². The molecular weight excluding hydrogens is 352 g/mol. The number of aliphatic hydroxyl groups is 1. The maximum Gasteiger partial charge on any atom is 0.0543 e. The summed E-state index contributed by atoms with van der Waals surface area (Å²) in [4.78, 5) is 0. The van der Waals surface area contributed by atoms with Gasteiger partial charge in [-0.1, -0.05) is 65.3 Å². The molecule has 0 aromatic carbocycles. The Hall–Kier alpha value is -0.560. The molecule has 4 aliphatic carbocycles. The highest BCUT2D eigenvalue weighted by Gasteiger charge is 2.57. The minimum absolute atomic E-state index is 0.0476. The summed E-state index contributed by atoms with van der Waals surface area (Å²) in [6.07, 6.45) is 17.8. The van der Waals surface area contributed by atoms with Crippen molar-refractivity contribution < 1.29 is 5.11 Å². The zero-order chi connectivity index (χ0) is 21.0. The summed E-state index contributed by atoms with van der Waals surface area (Å²) in [5.74, 6) is 5.25. The molecule has 0 aromatic rings. The highest BCUT2D eigenvalue weighted by molar-refractivity contribution is 5.28. The highest BCUT2D eigenvalue weighted by Crippen LogP contribution is 2.66. The number of allylic oxidation sites excluding steroid dienone is 4. The van der Waals surface area contributed by atoms with E-state index in [1.807, 2.05) is 5.57 Å². The fraction of sp³-hybridized carbons (Fsp3) is 0.857. The fourth-order valence-corrected chi connectivity index (χ4v) is 8.10. The van der Waals surface area contributed by atoms with E-state index in [9.17, 15) is 5.11 Å². The minimum Gasteiger partial charge on any atom is -0.393 e. The fourth-order valence-electron chi connectivity index (χ4n) is 8.10. The zero-order valence-electron chi connectivity index (χ0n) is 20.0. The maximum absolute atomic E-state index is 10.2. The maximum atomic E-state index is 10.2. The van der Waals surface area contributed by atoms with Crippen molar-refractivity contribution >= 4 is 0 Å². The van der Waals surface area contributed by atoms with Gasteiger partial charge in [0, 0.05) is 0 Å². The summed E-state index contributed by atoms with van der Waals surface area (Å²) in [6, 6.07) is 0. The highest BCUT2D eigenvalue weighted by atomic mass is 16.3. The number of aliphatic hydroxyl groups excluding tert-OH is 1. The lowest BCUT2D eigenvalue weighted by Crippen LogP contribution is -2.49. The Balaban J connectivity index is 1.54. The standard InChI is InChI=1S/C28H46O/c1-18(2)19(3)7-8-20(4)24-11-12-25-23-10-9-21-17-22(29)13-15-27(21,5)26(23)14-16-28(24,25)6/h7-8,10,18-22,24-26,29H,9,11-17H2,1-6H3/b8-7+/t19-,20+,21+,22+,24+,25-,26-,27+,28-/m1/s1. The summed E-state index contributed by atoms with van der Waals surface area (Å²) in [5, 5.41) is 10.2. The van der Waals surface area contributed by atoms with Crippen LogP contribution in [0.3, 0.4) is 0 Å². The number of hydrogen-bond donors (Lipinski definition) is 1. The molecule has 1 nitrogen and oxygen atoms in total. The van der Waals surface area contributed by atoms with E-state index >= 15 is 0 Å². The molecule has 0 radical (unpaired) electrons. The van der Waals surface area contributed by atoms with Crippen LogP contribution in [0.2, 0.25) is 0 Å². The van der Waals surface area contributed by atoms with Crippen LogP contribution in [0, 0.1) is 52.3 Å². The van der Waals surface area contributed by atoms with Crippen LogP contribution in [0.1, 0.15) is 92.9 Å². The van der Waals surface area contributed by atoms with Crippen molar-refractivity contribution in [3.05, 3.63) is 23.8 Å². The van der Waals surface area contributed by atoms with Crippen LogP contribution in [0.5, 0.6) is 0 Å². The Morgan fingerprint density at radius 3 is 2.34 bits per heavy atom.